The summed E-state index contributed by atoms with van der Waals surface area (Å²) in [6, 6.07) is 9.69. The van der Waals surface area contributed by atoms with Crippen LogP contribution in [-0.2, 0) is 20.7 Å². The summed E-state index contributed by atoms with van der Waals surface area (Å²) < 4.78 is 5.13. The fraction of sp³-hybridized carbons (Fsp3) is 0.467. The van der Waals surface area contributed by atoms with Gasteiger partial charge < -0.3 is 14.7 Å². The van der Waals surface area contributed by atoms with Crippen LogP contribution in [-0.4, -0.2) is 48.2 Å². The molecule has 5 nitrogen and oxygen atoms in total. The van der Waals surface area contributed by atoms with Crippen molar-refractivity contribution in [3.8, 4) is 0 Å². The fourth-order valence-electron chi connectivity index (χ4n) is 1.83. The number of rotatable bonds is 9. The van der Waals surface area contributed by atoms with Gasteiger partial charge in [-0.3, -0.25) is 9.59 Å². The second-order valence-electron chi connectivity index (χ2n) is 4.39. The third-order valence-corrected chi connectivity index (χ3v) is 2.86. The second-order valence-corrected chi connectivity index (χ2v) is 4.39. The van der Waals surface area contributed by atoms with Gasteiger partial charge in [0.05, 0.1) is 13.0 Å². The SMILES string of the molecule is CCOCCC(=O)N(CCc1ccccc1)CC(=O)O. The molecule has 1 aromatic rings. The molecular formula is C15H21NO4. The van der Waals surface area contributed by atoms with Gasteiger partial charge in [0.1, 0.15) is 6.54 Å². The maximum atomic E-state index is 12.0. The molecule has 0 unspecified atom stereocenters. The van der Waals surface area contributed by atoms with E-state index in [-0.39, 0.29) is 18.9 Å². The van der Waals surface area contributed by atoms with Crippen LogP contribution in [0.2, 0.25) is 0 Å². The van der Waals surface area contributed by atoms with E-state index in [2.05, 4.69) is 0 Å². The third-order valence-electron chi connectivity index (χ3n) is 2.86. The molecule has 110 valence electrons. The first kappa shape index (κ1) is 16.2. The average Bonchev–Trinajstić information content (AvgIpc) is 2.44. The quantitative estimate of drug-likeness (QED) is 0.697. The smallest absolute Gasteiger partial charge is 0.323 e. The van der Waals surface area contributed by atoms with Crippen molar-refractivity contribution in [1.82, 2.24) is 4.90 Å². The molecule has 1 N–H and O–H groups in total. The molecule has 1 aromatic carbocycles. The fourth-order valence-corrected chi connectivity index (χ4v) is 1.83. The molecule has 1 rings (SSSR count). The van der Waals surface area contributed by atoms with E-state index in [1.165, 1.54) is 4.90 Å². The van der Waals surface area contributed by atoms with Gasteiger partial charge in [0, 0.05) is 13.2 Å². The number of ether oxygens (including phenoxy) is 1. The zero-order valence-corrected chi connectivity index (χ0v) is 11.7. The lowest BCUT2D eigenvalue weighted by Gasteiger charge is -2.20. The minimum absolute atomic E-state index is 0.184. The maximum absolute atomic E-state index is 12.0. The molecule has 0 aromatic heterocycles. The first-order chi connectivity index (χ1) is 9.63. The van der Waals surface area contributed by atoms with Gasteiger partial charge in [0.15, 0.2) is 0 Å². The molecule has 0 aliphatic carbocycles. The molecule has 0 fully saturated rings. The summed E-state index contributed by atoms with van der Waals surface area (Å²) in [6.45, 7) is 2.88. The Kier molecular flexibility index (Phi) is 7.35. The number of carbonyl (C=O) groups is 2. The summed E-state index contributed by atoms with van der Waals surface area (Å²) in [5.74, 6) is -1.18. The molecule has 20 heavy (non-hydrogen) atoms. The lowest BCUT2D eigenvalue weighted by Crippen LogP contribution is -2.37. The lowest BCUT2D eigenvalue weighted by molar-refractivity contribution is -0.144. The number of hydrogen-bond donors (Lipinski definition) is 1. The van der Waals surface area contributed by atoms with Crippen molar-refractivity contribution in [3.63, 3.8) is 0 Å². The molecule has 0 radical (unpaired) electrons. The number of hydrogen-bond acceptors (Lipinski definition) is 3. The van der Waals surface area contributed by atoms with E-state index in [9.17, 15) is 9.59 Å². The van der Waals surface area contributed by atoms with Crippen molar-refractivity contribution < 1.29 is 19.4 Å². The normalized spacial score (nSPS) is 10.2. The van der Waals surface area contributed by atoms with Crippen LogP contribution < -0.4 is 0 Å². The summed E-state index contributed by atoms with van der Waals surface area (Å²) in [5, 5.41) is 8.88. The van der Waals surface area contributed by atoms with E-state index in [1.54, 1.807) is 0 Å². The van der Waals surface area contributed by atoms with Gasteiger partial charge in [-0.1, -0.05) is 30.3 Å². The molecule has 0 bridgehead atoms. The highest BCUT2D eigenvalue weighted by atomic mass is 16.5. The van der Waals surface area contributed by atoms with Crippen LogP contribution in [0.15, 0.2) is 30.3 Å². The number of amides is 1. The van der Waals surface area contributed by atoms with Gasteiger partial charge in [-0.2, -0.15) is 0 Å². The topological polar surface area (TPSA) is 66.8 Å². The highest BCUT2D eigenvalue weighted by Gasteiger charge is 2.16. The van der Waals surface area contributed by atoms with Gasteiger partial charge >= 0.3 is 5.97 Å². The Labute approximate surface area is 119 Å². The van der Waals surface area contributed by atoms with Crippen molar-refractivity contribution in [2.24, 2.45) is 0 Å². The van der Waals surface area contributed by atoms with Crippen LogP contribution in [0, 0.1) is 0 Å². The minimum Gasteiger partial charge on any atom is -0.480 e. The number of nitrogens with zero attached hydrogens (tertiary/aromatic N) is 1. The Hall–Kier alpha value is -1.88. The lowest BCUT2D eigenvalue weighted by atomic mass is 10.1. The van der Waals surface area contributed by atoms with E-state index in [1.807, 2.05) is 37.3 Å². The number of aliphatic carboxylic acids is 1. The minimum atomic E-state index is -0.997. The van der Waals surface area contributed by atoms with Gasteiger partial charge in [-0.15, -0.1) is 0 Å². The van der Waals surface area contributed by atoms with E-state index >= 15 is 0 Å². The van der Waals surface area contributed by atoms with E-state index in [0.29, 0.717) is 26.2 Å². The van der Waals surface area contributed by atoms with Gasteiger partial charge in [-0.25, -0.2) is 0 Å². The largest absolute Gasteiger partial charge is 0.480 e. The van der Waals surface area contributed by atoms with Crippen molar-refractivity contribution >= 4 is 11.9 Å². The van der Waals surface area contributed by atoms with E-state index in [0.717, 1.165) is 5.56 Å². The Morgan fingerprint density at radius 2 is 1.95 bits per heavy atom. The first-order valence-corrected chi connectivity index (χ1v) is 6.74. The van der Waals surface area contributed by atoms with Crippen molar-refractivity contribution in [2.45, 2.75) is 19.8 Å². The van der Waals surface area contributed by atoms with Crippen molar-refractivity contribution in [1.29, 1.82) is 0 Å². The monoisotopic (exact) mass is 279 g/mol. The Balaban J connectivity index is 2.50. The van der Waals surface area contributed by atoms with Crippen LogP contribution >= 0.6 is 0 Å². The third kappa shape index (κ3) is 6.33. The summed E-state index contributed by atoms with van der Waals surface area (Å²) in [5.41, 5.74) is 1.08. The Morgan fingerprint density at radius 1 is 1.25 bits per heavy atom. The standard InChI is InChI=1S/C15H21NO4/c1-2-20-11-9-14(17)16(12-15(18)19)10-8-13-6-4-3-5-7-13/h3-7H,2,8-12H2,1H3,(H,18,19). The molecule has 0 heterocycles. The molecule has 0 atom stereocenters. The molecule has 0 saturated carbocycles. The number of carboxylic acids is 1. The van der Waals surface area contributed by atoms with Crippen LogP contribution in [0.4, 0.5) is 0 Å². The summed E-state index contributed by atoms with van der Waals surface area (Å²) in [4.78, 5) is 24.2. The first-order valence-electron chi connectivity index (χ1n) is 6.74. The van der Waals surface area contributed by atoms with Gasteiger partial charge in [-0.05, 0) is 18.9 Å². The molecule has 0 spiro atoms. The summed E-state index contributed by atoms with van der Waals surface area (Å²) in [7, 11) is 0. The Bertz CT molecular complexity index is 419. The van der Waals surface area contributed by atoms with Crippen LogP contribution in [0.1, 0.15) is 18.9 Å². The molecule has 0 aliphatic rings. The molecule has 1 amide bonds. The average molecular weight is 279 g/mol. The molecular weight excluding hydrogens is 258 g/mol. The number of benzene rings is 1. The second kappa shape index (κ2) is 9.09. The maximum Gasteiger partial charge on any atom is 0.323 e. The van der Waals surface area contributed by atoms with Crippen LogP contribution in [0.25, 0.3) is 0 Å². The van der Waals surface area contributed by atoms with Crippen molar-refractivity contribution in [3.05, 3.63) is 35.9 Å². The zero-order valence-electron chi connectivity index (χ0n) is 11.7. The highest BCUT2D eigenvalue weighted by molar-refractivity contribution is 5.81. The van der Waals surface area contributed by atoms with E-state index < -0.39 is 5.97 Å². The zero-order chi connectivity index (χ0) is 14.8. The molecule has 0 saturated heterocycles. The summed E-state index contributed by atoms with van der Waals surface area (Å²) >= 11 is 0. The predicted molar refractivity (Wildman–Crippen MR) is 75.5 cm³/mol. The Morgan fingerprint density at radius 3 is 2.55 bits per heavy atom. The van der Waals surface area contributed by atoms with Gasteiger partial charge in [0.25, 0.3) is 0 Å². The van der Waals surface area contributed by atoms with Gasteiger partial charge in [0.2, 0.25) is 5.91 Å². The van der Waals surface area contributed by atoms with Crippen molar-refractivity contribution in [2.75, 3.05) is 26.3 Å². The predicted octanol–water partition coefficient (Wildman–Crippen LogP) is 1.57. The molecule has 0 aliphatic heterocycles. The highest BCUT2D eigenvalue weighted by Crippen LogP contribution is 2.03. The van der Waals surface area contributed by atoms with E-state index in [4.69, 9.17) is 9.84 Å². The number of carboxylic acid groups (broad SMARTS) is 1. The van der Waals surface area contributed by atoms with Crippen LogP contribution in [0.3, 0.4) is 0 Å². The summed E-state index contributed by atoms with van der Waals surface area (Å²) in [6.07, 6.45) is 0.865. The molecule has 5 heteroatoms. The van der Waals surface area contributed by atoms with Crippen LogP contribution in [0.5, 0.6) is 0 Å². The number of carbonyl (C=O) groups excluding carboxylic acids is 1.